The largest absolute Gasteiger partial charge is 0.477 e. The fraction of sp³-hybridized carbons (Fsp3) is 0.234. The van der Waals surface area contributed by atoms with Crippen molar-refractivity contribution < 1.29 is 41.8 Å². The maximum Gasteiger partial charge on any atom is 0.353 e. The quantitative estimate of drug-likeness (QED) is 0.110. The van der Waals surface area contributed by atoms with Gasteiger partial charge in [0.25, 0.3) is 5.91 Å². The Morgan fingerprint density at radius 2 is 0.814 bits per heavy atom. The van der Waals surface area contributed by atoms with E-state index in [-0.39, 0.29) is 35.2 Å². The molecule has 8 nitrogen and oxygen atoms in total. The summed E-state index contributed by atoms with van der Waals surface area (Å²) in [5.74, 6) is -3.04. The van der Waals surface area contributed by atoms with Crippen LogP contribution >= 0.6 is 0 Å². The van der Waals surface area contributed by atoms with E-state index in [1.54, 1.807) is 42.7 Å². The van der Waals surface area contributed by atoms with E-state index in [2.05, 4.69) is 0 Å². The smallest absolute Gasteiger partial charge is 0.353 e. The van der Waals surface area contributed by atoms with Gasteiger partial charge in [-0.3, -0.25) is 14.4 Å². The molecule has 1 aliphatic heterocycles. The van der Waals surface area contributed by atoms with Gasteiger partial charge in [0.1, 0.15) is 34.7 Å². The molecular weight excluding hydrogens is 763 g/mol. The van der Waals surface area contributed by atoms with Crippen LogP contribution in [0.1, 0.15) is 101 Å². The molecule has 0 radical (unpaired) electrons. The summed E-state index contributed by atoms with van der Waals surface area (Å²) in [7, 11) is 0. The van der Waals surface area contributed by atoms with Crippen LogP contribution in [-0.2, 0) is 0 Å². The van der Waals surface area contributed by atoms with Gasteiger partial charge in [0.05, 0.1) is 11.4 Å². The van der Waals surface area contributed by atoms with Crippen LogP contribution < -0.4 is 0 Å². The minimum absolute atomic E-state index is 0.0713. The Kier molecular flexibility index (Phi) is 12.8. The standard InChI is InChI=1S/C26H26F2N2O2.C21H17F2NO3/c1-17(2)30-22(16-31)23(18-6-10-20(27)11-7-18)24(19-8-12-21(28)13-9-19)25(30)26(32)29-14-4-3-5-15-29;1-12(2)24-17(11-25)18(13-3-7-15(22)8-4-13)19(20(24)21(26)27)14-5-9-16(23)10-6-14/h6-13,16-17H,3-5,14-15H2,1-2H3;3-12H,1-2H3,(H,26,27). The average molecular weight is 806 g/mol. The van der Waals surface area contributed by atoms with Crippen LogP contribution in [0.5, 0.6) is 0 Å². The molecule has 7 rings (SSSR count). The second-order valence-electron chi connectivity index (χ2n) is 14.8. The molecule has 0 saturated carbocycles. The summed E-state index contributed by atoms with van der Waals surface area (Å²) in [6.07, 6.45) is 4.30. The summed E-state index contributed by atoms with van der Waals surface area (Å²) >= 11 is 0. The molecule has 59 heavy (non-hydrogen) atoms. The molecule has 1 amide bonds. The number of nitrogens with zero attached hydrogens (tertiary/aromatic N) is 3. The molecule has 304 valence electrons. The van der Waals surface area contributed by atoms with Crippen LogP contribution in [0.2, 0.25) is 0 Å². The van der Waals surface area contributed by atoms with Gasteiger partial charge in [-0.05, 0) is 118 Å². The Morgan fingerprint density at radius 1 is 0.508 bits per heavy atom. The predicted octanol–water partition coefficient (Wildman–Crippen LogP) is 11.3. The van der Waals surface area contributed by atoms with Crippen molar-refractivity contribution in [1.29, 1.82) is 0 Å². The van der Waals surface area contributed by atoms with Crippen molar-refractivity contribution in [1.82, 2.24) is 14.0 Å². The van der Waals surface area contributed by atoms with Gasteiger partial charge in [0.15, 0.2) is 12.6 Å². The van der Waals surface area contributed by atoms with Crippen LogP contribution in [0.25, 0.3) is 44.5 Å². The third-order valence-electron chi connectivity index (χ3n) is 10.3. The maximum absolute atomic E-state index is 13.8. The molecule has 1 aliphatic rings. The van der Waals surface area contributed by atoms with Crippen molar-refractivity contribution in [2.75, 3.05) is 13.1 Å². The third-order valence-corrected chi connectivity index (χ3v) is 10.3. The van der Waals surface area contributed by atoms with E-state index in [4.69, 9.17) is 0 Å². The van der Waals surface area contributed by atoms with Gasteiger partial charge in [-0.15, -0.1) is 0 Å². The Balaban J connectivity index is 0.000000201. The molecule has 0 bridgehead atoms. The molecule has 1 N–H and O–H groups in total. The number of carboxylic acids is 1. The van der Waals surface area contributed by atoms with Gasteiger partial charge in [0, 0.05) is 47.4 Å². The van der Waals surface area contributed by atoms with Crippen molar-refractivity contribution in [3.8, 4) is 44.5 Å². The lowest BCUT2D eigenvalue weighted by Crippen LogP contribution is -2.37. The first kappa shape index (κ1) is 42.1. The van der Waals surface area contributed by atoms with Crippen LogP contribution in [0.3, 0.4) is 0 Å². The van der Waals surface area contributed by atoms with Crippen LogP contribution in [0.4, 0.5) is 17.6 Å². The molecule has 0 aliphatic carbocycles. The fourth-order valence-corrected chi connectivity index (χ4v) is 7.80. The van der Waals surface area contributed by atoms with Gasteiger partial charge in [-0.25, -0.2) is 22.4 Å². The predicted molar refractivity (Wildman–Crippen MR) is 219 cm³/mol. The van der Waals surface area contributed by atoms with E-state index >= 15 is 0 Å². The summed E-state index contributed by atoms with van der Waals surface area (Å²) in [5, 5.41) is 9.86. The molecule has 2 aromatic heterocycles. The number of halogens is 4. The van der Waals surface area contributed by atoms with E-state index in [9.17, 15) is 41.8 Å². The number of carbonyl (C=O) groups is 4. The highest BCUT2D eigenvalue weighted by molar-refractivity contribution is 6.09. The van der Waals surface area contributed by atoms with E-state index in [1.807, 2.05) is 18.7 Å². The summed E-state index contributed by atoms with van der Waals surface area (Å²) < 4.78 is 57.4. The molecule has 4 aromatic carbocycles. The fourth-order valence-electron chi connectivity index (χ4n) is 7.80. The lowest BCUT2D eigenvalue weighted by molar-refractivity contribution is 0.0681. The third kappa shape index (κ3) is 8.53. The van der Waals surface area contributed by atoms with E-state index in [0.29, 0.717) is 75.3 Å². The average Bonchev–Trinajstić information content (AvgIpc) is 3.77. The zero-order valence-corrected chi connectivity index (χ0v) is 33.0. The first-order chi connectivity index (χ1) is 28.3. The van der Waals surface area contributed by atoms with E-state index in [1.165, 1.54) is 77.4 Å². The van der Waals surface area contributed by atoms with Crippen molar-refractivity contribution in [3.05, 3.63) is 143 Å². The first-order valence-corrected chi connectivity index (χ1v) is 19.3. The van der Waals surface area contributed by atoms with Crippen LogP contribution in [0, 0.1) is 23.3 Å². The molecule has 3 heterocycles. The maximum atomic E-state index is 13.8. The van der Waals surface area contributed by atoms with Gasteiger partial charge >= 0.3 is 5.97 Å². The van der Waals surface area contributed by atoms with Crippen molar-refractivity contribution in [3.63, 3.8) is 0 Å². The Labute approximate surface area is 339 Å². The molecule has 1 saturated heterocycles. The summed E-state index contributed by atoms with van der Waals surface area (Å²) in [6.45, 7) is 8.69. The molecule has 0 unspecified atom stereocenters. The number of benzene rings is 4. The number of amides is 1. The lowest BCUT2D eigenvalue weighted by atomic mass is 9.94. The van der Waals surface area contributed by atoms with Gasteiger partial charge < -0.3 is 19.1 Å². The number of hydrogen-bond donors (Lipinski definition) is 1. The number of aromatic nitrogens is 2. The lowest BCUT2D eigenvalue weighted by Gasteiger charge is -2.28. The molecular formula is C47H43F4N3O5. The Bertz CT molecular complexity index is 2480. The number of carboxylic acid groups (broad SMARTS) is 1. The van der Waals surface area contributed by atoms with Crippen molar-refractivity contribution in [2.24, 2.45) is 0 Å². The van der Waals surface area contributed by atoms with E-state index in [0.717, 1.165) is 25.5 Å². The molecule has 0 atom stereocenters. The molecule has 1 fully saturated rings. The van der Waals surface area contributed by atoms with Gasteiger partial charge in [0.2, 0.25) is 0 Å². The zero-order chi connectivity index (χ0) is 42.5. The van der Waals surface area contributed by atoms with Gasteiger partial charge in [-0.1, -0.05) is 48.5 Å². The summed E-state index contributed by atoms with van der Waals surface area (Å²) in [4.78, 5) is 52.0. The van der Waals surface area contributed by atoms with Gasteiger partial charge in [-0.2, -0.15) is 0 Å². The summed E-state index contributed by atoms with van der Waals surface area (Å²) in [6, 6.07) is 22.1. The molecule has 0 spiro atoms. The second kappa shape index (κ2) is 17.9. The van der Waals surface area contributed by atoms with E-state index < -0.39 is 23.4 Å². The first-order valence-electron chi connectivity index (χ1n) is 19.3. The van der Waals surface area contributed by atoms with Crippen LogP contribution in [0.15, 0.2) is 97.1 Å². The SMILES string of the molecule is CC(C)n1c(C=O)c(-c2ccc(F)cc2)c(-c2ccc(F)cc2)c1C(=O)N1CCCCC1.CC(C)n1c(C=O)c(-c2ccc(F)cc2)c(-c2ccc(F)cc2)c1C(=O)O. The number of aldehydes is 2. The highest BCUT2D eigenvalue weighted by Gasteiger charge is 2.33. The Morgan fingerprint density at radius 3 is 1.12 bits per heavy atom. The number of hydrogen-bond acceptors (Lipinski definition) is 4. The van der Waals surface area contributed by atoms with Crippen molar-refractivity contribution in [2.45, 2.75) is 59.0 Å². The van der Waals surface area contributed by atoms with Crippen molar-refractivity contribution >= 4 is 24.4 Å². The minimum Gasteiger partial charge on any atom is -0.477 e. The highest BCUT2D eigenvalue weighted by atomic mass is 19.1. The molecule has 6 aromatic rings. The summed E-state index contributed by atoms with van der Waals surface area (Å²) in [5.41, 5.74) is 4.88. The normalized spacial score (nSPS) is 12.7. The number of piperidine rings is 1. The minimum atomic E-state index is -1.21. The van der Waals surface area contributed by atoms with Crippen LogP contribution in [-0.4, -0.2) is 56.7 Å². The monoisotopic (exact) mass is 805 g/mol. The highest BCUT2D eigenvalue weighted by Crippen LogP contribution is 2.43. The molecule has 12 heteroatoms. The topological polar surface area (TPSA) is 102 Å². The number of aromatic carboxylic acids is 1. The number of carbonyl (C=O) groups excluding carboxylic acids is 3. The second-order valence-corrected chi connectivity index (χ2v) is 14.8. The number of rotatable bonds is 10. The Hall–Kier alpha value is -6.56. The zero-order valence-electron chi connectivity index (χ0n) is 33.0. The number of likely N-dealkylation sites (tertiary alicyclic amines) is 1.